The summed E-state index contributed by atoms with van der Waals surface area (Å²) in [6.07, 6.45) is 0.154. The topological polar surface area (TPSA) is 93.4 Å². The highest BCUT2D eigenvalue weighted by atomic mass is 35.5. The first-order valence-electron chi connectivity index (χ1n) is 7.93. The number of halogens is 1. The molecule has 7 heteroatoms. The van der Waals surface area contributed by atoms with Gasteiger partial charge in [0.15, 0.2) is 0 Å². The first kappa shape index (κ1) is 22.2. The van der Waals surface area contributed by atoms with Crippen LogP contribution in [0.1, 0.15) is 38.8 Å². The highest BCUT2D eigenvalue weighted by Crippen LogP contribution is 2.27. The second kappa shape index (κ2) is 11.7. The number of carbonyl (C=O) groups is 2. The van der Waals surface area contributed by atoms with Crippen LogP contribution in [0.4, 0.5) is 0 Å². The van der Waals surface area contributed by atoms with E-state index in [-0.39, 0.29) is 36.6 Å². The number of ether oxygens (including phenoxy) is 1. The molecular formula is C17H28ClN3O3. The minimum Gasteiger partial charge on any atom is -0.494 e. The Bertz CT molecular complexity index is 526. The van der Waals surface area contributed by atoms with E-state index in [2.05, 4.69) is 10.6 Å². The number of para-hydroxylation sites is 1. The molecule has 0 aliphatic carbocycles. The molecule has 1 aromatic carbocycles. The number of rotatable bonds is 9. The summed E-state index contributed by atoms with van der Waals surface area (Å²) in [6.45, 7) is 6.85. The summed E-state index contributed by atoms with van der Waals surface area (Å²) in [4.78, 5) is 23.6. The van der Waals surface area contributed by atoms with Gasteiger partial charge in [-0.05, 0) is 25.5 Å². The predicted molar refractivity (Wildman–Crippen MR) is 97.3 cm³/mol. The van der Waals surface area contributed by atoms with Gasteiger partial charge in [0.1, 0.15) is 5.75 Å². The average molecular weight is 358 g/mol. The number of hydrogen-bond acceptors (Lipinski definition) is 4. The quantitative estimate of drug-likeness (QED) is 0.628. The van der Waals surface area contributed by atoms with Crippen LogP contribution in [0.5, 0.6) is 5.75 Å². The standard InChI is InChI=1S/C17H27N3O3.ClH/c1-4-23-16-8-6-5-7-14(16)15(20-13(3)21)9-17(22)19-11-12(2)10-18;/h5-8,12,15H,4,9-11,18H2,1-3H3,(H,19,22)(H,20,21);1H. The van der Waals surface area contributed by atoms with E-state index >= 15 is 0 Å². The van der Waals surface area contributed by atoms with Crippen molar-refractivity contribution < 1.29 is 14.3 Å². The van der Waals surface area contributed by atoms with E-state index in [0.29, 0.717) is 25.4 Å². The molecule has 24 heavy (non-hydrogen) atoms. The molecule has 1 rings (SSSR count). The SMILES string of the molecule is CCOc1ccccc1C(CC(=O)NCC(C)CN)NC(C)=O.Cl. The van der Waals surface area contributed by atoms with Crippen LogP contribution in [-0.4, -0.2) is 31.5 Å². The molecule has 0 spiro atoms. The normalized spacial score (nSPS) is 12.5. The van der Waals surface area contributed by atoms with Gasteiger partial charge in [-0.2, -0.15) is 0 Å². The van der Waals surface area contributed by atoms with Crippen molar-refractivity contribution in [3.63, 3.8) is 0 Å². The molecular weight excluding hydrogens is 330 g/mol. The van der Waals surface area contributed by atoms with Crippen molar-refractivity contribution in [3.8, 4) is 5.75 Å². The fourth-order valence-electron chi connectivity index (χ4n) is 2.17. The van der Waals surface area contributed by atoms with Crippen LogP contribution in [-0.2, 0) is 9.59 Å². The minimum absolute atomic E-state index is 0. The van der Waals surface area contributed by atoms with E-state index in [1.807, 2.05) is 38.1 Å². The Kier molecular flexibility index (Phi) is 10.8. The molecule has 0 aliphatic heterocycles. The molecule has 0 aliphatic rings. The van der Waals surface area contributed by atoms with Gasteiger partial charge in [0.2, 0.25) is 11.8 Å². The van der Waals surface area contributed by atoms with Gasteiger partial charge in [-0.15, -0.1) is 12.4 Å². The summed E-state index contributed by atoms with van der Waals surface area (Å²) in [7, 11) is 0. The second-order valence-electron chi connectivity index (χ2n) is 5.57. The molecule has 0 saturated heterocycles. The highest BCUT2D eigenvalue weighted by Gasteiger charge is 2.20. The molecule has 0 saturated carbocycles. The molecule has 0 aromatic heterocycles. The molecule has 0 fully saturated rings. The van der Waals surface area contributed by atoms with Crippen LogP contribution >= 0.6 is 12.4 Å². The lowest BCUT2D eigenvalue weighted by atomic mass is 10.0. The summed E-state index contributed by atoms with van der Waals surface area (Å²) in [5, 5.41) is 5.67. The van der Waals surface area contributed by atoms with E-state index in [0.717, 1.165) is 5.56 Å². The van der Waals surface area contributed by atoms with Crippen molar-refractivity contribution >= 4 is 24.2 Å². The largest absolute Gasteiger partial charge is 0.494 e. The number of hydrogen-bond donors (Lipinski definition) is 3. The van der Waals surface area contributed by atoms with Gasteiger partial charge in [0.05, 0.1) is 19.1 Å². The van der Waals surface area contributed by atoms with E-state index < -0.39 is 6.04 Å². The molecule has 2 atom stereocenters. The third-order valence-corrected chi connectivity index (χ3v) is 3.41. The van der Waals surface area contributed by atoms with Crippen LogP contribution in [0.2, 0.25) is 0 Å². The van der Waals surface area contributed by atoms with Crippen molar-refractivity contribution in [1.82, 2.24) is 10.6 Å². The fourth-order valence-corrected chi connectivity index (χ4v) is 2.17. The Hall–Kier alpha value is -1.79. The molecule has 4 N–H and O–H groups in total. The summed E-state index contributed by atoms with van der Waals surface area (Å²) in [5.74, 6) is 0.575. The molecule has 0 bridgehead atoms. The average Bonchev–Trinajstić information content (AvgIpc) is 2.52. The molecule has 0 radical (unpaired) electrons. The maximum Gasteiger partial charge on any atom is 0.222 e. The van der Waals surface area contributed by atoms with E-state index in [9.17, 15) is 9.59 Å². The van der Waals surface area contributed by atoms with Crippen LogP contribution in [0, 0.1) is 5.92 Å². The Morgan fingerprint density at radius 1 is 1.29 bits per heavy atom. The number of amides is 2. The van der Waals surface area contributed by atoms with Crippen molar-refractivity contribution in [3.05, 3.63) is 29.8 Å². The van der Waals surface area contributed by atoms with Crippen LogP contribution in [0.15, 0.2) is 24.3 Å². The lowest BCUT2D eigenvalue weighted by molar-refractivity contribution is -0.122. The first-order chi connectivity index (χ1) is 11.0. The fraction of sp³-hybridized carbons (Fsp3) is 0.529. The molecule has 2 amide bonds. The lowest BCUT2D eigenvalue weighted by Crippen LogP contribution is -2.35. The monoisotopic (exact) mass is 357 g/mol. The van der Waals surface area contributed by atoms with E-state index in [1.54, 1.807) is 0 Å². The Balaban J connectivity index is 0.00000529. The van der Waals surface area contributed by atoms with Gasteiger partial charge in [0, 0.05) is 19.0 Å². The molecule has 2 unspecified atom stereocenters. The Labute approximate surface area is 149 Å². The first-order valence-corrected chi connectivity index (χ1v) is 7.93. The Morgan fingerprint density at radius 3 is 2.54 bits per heavy atom. The summed E-state index contributed by atoms with van der Waals surface area (Å²) >= 11 is 0. The van der Waals surface area contributed by atoms with Crippen LogP contribution < -0.4 is 21.1 Å². The summed E-state index contributed by atoms with van der Waals surface area (Å²) in [5.41, 5.74) is 6.34. The zero-order valence-corrected chi connectivity index (χ0v) is 15.3. The zero-order valence-electron chi connectivity index (χ0n) is 14.5. The predicted octanol–water partition coefficient (Wildman–Crippen LogP) is 1.79. The zero-order chi connectivity index (χ0) is 17.2. The Morgan fingerprint density at radius 2 is 1.96 bits per heavy atom. The maximum absolute atomic E-state index is 12.2. The van der Waals surface area contributed by atoms with Gasteiger partial charge >= 0.3 is 0 Å². The molecule has 136 valence electrons. The van der Waals surface area contributed by atoms with Crippen molar-refractivity contribution in [2.75, 3.05) is 19.7 Å². The number of carbonyl (C=O) groups excluding carboxylic acids is 2. The van der Waals surface area contributed by atoms with Crippen LogP contribution in [0.3, 0.4) is 0 Å². The van der Waals surface area contributed by atoms with Crippen molar-refractivity contribution in [2.45, 2.75) is 33.2 Å². The van der Waals surface area contributed by atoms with Gasteiger partial charge in [-0.3, -0.25) is 9.59 Å². The maximum atomic E-state index is 12.2. The van der Waals surface area contributed by atoms with Gasteiger partial charge in [-0.1, -0.05) is 25.1 Å². The highest BCUT2D eigenvalue weighted by molar-refractivity contribution is 5.85. The van der Waals surface area contributed by atoms with Crippen LogP contribution in [0.25, 0.3) is 0 Å². The van der Waals surface area contributed by atoms with Crippen molar-refractivity contribution in [2.24, 2.45) is 11.7 Å². The van der Waals surface area contributed by atoms with Gasteiger partial charge < -0.3 is 21.1 Å². The van der Waals surface area contributed by atoms with E-state index in [1.165, 1.54) is 6.92 Å². The minimum atomic E-state index is -0.427. The molecule has 1 aromatic rings. The number of nitrogens with two attached hydrogens (primary N) is 1. The molecule has 0 heterocycles. The lowest BCUT2D eigenvalue weighted by Gasteiger charge is -2.21. The van der Waals surface area contributed by atoms with E-state index in [4.69, 9.17) is 10.5 Å². The number of benzene rings is 1. The van der Waals surface area contributed by atoms with Gasteiger partial charge in [-0.25, -0.2) is 0 Å². The number of nitrogens with one attached hydrogen (secondary N) is 2. The smallest absolute Gasteiger partial charge is 0.222 e. The molecule has 6 nitrogen and oxygen atoms in total. The van der Waals surface area contributed by atoms with Gasteiger partial charge in [0.25, 0.3) is 0 Å². The summed E-state index contributed by atoms with van der Waals surface area (Å²) in [6, 6.07) is 7.00. The van der Waals surface area contributed by atoms with Crippen molar-refractivity contribution in [1.29, 1.82) is 0 Å². The third kappa shape index (κ3) is 7.66. The second-order valence-corrected chi connectivity index (χ2v) is 5.57. The summed E-state index contributed by atoms with van der Waals surface area (Å²) < 4.78 is 5.60. The third-order valence-electron chi connectivity index (χ3n) is 3.41.